The Labute approximate surface area is 138 Å². The van der Waals surface area contributed by atoms with Crippen LogP contribution < -0.4 is 15.8 Å². The molecule has 6 nitrogen and oxygen atoms in total. The third-order valence-corrected chi connectivity index (χ3v) is 4.29. The van der Waals surface area contributed by atoms with Gasteiger partial charge in [0.25, 0.3) is 0 Å². The van der Waals surface area contributed by atoms with Crippen LogP contribution >= 0.6 is 12.4 Å². The lowest BCUT2D eigenvalue weighted by Gasteiger charge is -2.13. The molecule has 0 unspecified atom stereocenters. The van der Waals surface area contributed by atoms with Gasteiger partial charge in [-0.05, 0) is 25.8 Å². The van der Waals surface area contributed by atoms with Crippen LogP contribution in [0.15, 0.2) is 30.3 Å². The van der Waals surface area contributed by atoms with Crippen molar-refractivity contribution in [2.45, 2.75) is 32.4 Å². The molecule has 1 rings (SSSR count). The topological polar surface area (TPSA) is 101 Å². The van der Waals surface area contributed by atoms with Crippen LogP contribution in [-0.4, -0.2) is 38.7 Å². The second-order valence-electron chi connectivity index (χ2n) is 5.18. The van der Waals surface area contributed by atoms with Crippen LogP contribution in [0, 0.1) is 0 Å². The molecule has 126 valence electrons. The van der Waals surface area contributed by atoms with Crippen LogP contribution in [-0.2, 0) is 21.2 Å². The highest BCUT2D eigenvalue weighted by Crippen LogP contribution is 2.01. The number of sulfonamides is 1. The van der Waals surface area contributed by atoms with Crippen molar-refractivity contribution in [1.29, 1.82) is 0 Å². The highest BCUT2D eigenvalue weighted by molar-refractivity contribution is 7.89. The molecule has 8 heteroatoms. The fraction of sp³-hybridized carbons (Fsp3) is 0.500. The van der Waals surface area contributed by atoms with Gasteiger partial charge in [-0.1, -0.05) is 30.3 Å². The Morgan fingerprint density at radius 2 is 1.82 bits per heavy atom. The predicted molar refractivity (Wildman–Crippen MR) is 90.4 cm³/mol. The first-order valence-electron chi connectivity index (χ1n) is 6.87. The maximum absolute atomic E-state index is 11.8. The largest absolute Gasteiger partial charge is 0.354 e. The molecule has 0 aliphatic heterocycles. The minimum atomic E-state index is -3.37. The van der Waals surface area contributed by atoms with Gasteiger partial charge in [-0.25, -0.2) is 13.1 Å². The molecule has 0 heterocycles. The van der Waals surface area contributed by atoms with E-state index in [-0.39, 0.29) is 36.7 Å². The van der Waals surface area contributed by atoms with E-state index < -0.39 is 16.1 Å². The molecule has 0 fully saturated rings. The minimum Gasteiger partial charge on any atom is -0.354 e. The van der Waals surface area contributed by atoms with Crippen molar-refractivity contribution in [3.63, 3.8) is 0 Å². The van der Waals surface area contributed by atoms with E-state index in [1.165, 1.54) is 0 Å². The Kier molecular flexibility index (Phi) is 9.27. The number of nitrogens with two attached hydrogens (primary N) is 1. The lowest BCUT2D eigenvalue weighted by Crippen LogP contribution is -2.44. The van der Waals surface area contributed by atoms with Crippen molar-refractivity contribution in [3.05, 3.63) is 35.9 Å². The summed E-state index contributed by atoms with van der Waals surface area (Å²) in [6.07, 6.45) is 0.420. The fourth-order valence-corrected chi connectivity index (χ4v) is 3.03. The van der Waals surface area contributed by atoms with Gasteiger partial charge in [0, 0.05) is 12.6 Å². The smallest absolute Gasteiger partial charge is 0.237 e. The maximum atomic E-state index is 11.8. The number of benzene rings is 1. The van der Waals surface area contributed by atoms with Crippen molar-refractivity contribution in [2.75, 3.05) is 12.3 Å². The van der Waals surface area contributed by atoms with Crippen LogP contribution in [0.25, 0.3) is 0 Å². The van der Waals surface area contributed by atoms with Gasteiger partial charge in [0.1, 0.15) is 0 Å². The fourth-order valence-electron chi connectivity index (χ4n) is 1.82. The van der Waals surface area contributed by atoms with Gasteiger partial charge in [0.15, 0.2) is 0 Å². The molecular formula is C14H24ClN3O3S. The number of hydrogen-bond acceptors (Lipinski definition) is 4. The minimum absolute atomic E-state index is 0. The van der Waals surface area contributed by atoms with Crippen LogP contribution in [0.5, 0.6) is 0 Å². The summed E-state index contributed by atoms with van der Waals surface area (Å²) >= 11 is 0. The molecule has 0 aromatic heterocycles. The molecule has 1 aromatic rings. The lowest BCUT2D eigenvalue weighted by atomic mass is 10.1. The van der Waals surface area contributed by atoms with Gasteiger partial charge in [0.05, 0.1) is 11.8 Å². The molecule has 22 heavy (non-hydrogen) atoms. The molecule has 0 saturated heterocycles. The van der Waals surface area contributed by atoms with Crippen molar-refractivity contribution in [3.8, 4) is 0 Å². The first-order valence-corrected chi connectivity index (χ1v) is 8.52. The monoisotopic (exact) mass is 349 g/mol. The summed E-state index contributed by atoms with van der Waals surface area (Å²) in [4.78, 5) is 11.8. The average molecular weight is 350 g/mol. The summed E-state index contributed by atoms with van der Waals surface area (Å²) in [7, 11) is -3.37. The molecule has 1 atom stereocenters. The Morgan fingerprint density at radius 3 is 2.36 bits per heavy atom. The standard InChI is InChI=1S/C14H23N3O3S.ClH/c1-11(2)17-21(19,20)9-8-16-14(18)13(15)10-12-6-4-3-5-7-12;/h3-7,11,13,17H,8-10,15H2,1-2H3,(H,16,18);1H/t13-;/m0./s1. The number of nitrogens with one attached hydrogen (secondary N) is 2. The van der Waals surface area contributed by atoms with Gasteiger partial charge >= 0.3 is 0 Å². The molecule has 0 saturated carbocycles. The second kappa shape index (κ2) is 9.78. The summed E-state index contributed by atoms with van der Waals surface area (Å²) in [5.74, 6) is -0.506. The van der Waals surface area contributed by atoms with Crippen molar-refractivity contribution < 1.29 is 13.2 Å². The quantitative estimate of drug-likeness (QED) is 0.633. The van der Waals surface area contributed by atoms with Crippen molar-refractivity contribution in [1.82, 2.24) is 10.0 Å². The van der Waals surface area contributed by atoms with Crippen LogP contribution in [0.4, 0.5) is 0 Å². The van der Waals surface area contributed by atoms with Gasteiger partial charge < -0.3 is 11.1 Å². The van der Waals surface area contributed by atoms with E-state index in [2.05, 4.69) is 10.0 Å². The molecule has 0 aliphatic rings. The van der Waals surface area contributed by atoms with E-state index in [0.717, 1.165) is 5.56 Å². The van der Waals surface area contributed by atoms with Crippen molar-refractivity contribution >= 4 is 28.3 Å². The maximum Gasteiger partial charge on any atom is 0.237 e. The number of carbonyl (C=O) groups is 1. The SMILES string of the molecule is CC(C)NS(=O)(=O)CCNC(=O)[C@@H](N)Cc1ccccc1.Cl. The first-order chi connectivity index (χ1) is 9.80. The van der Waals surface area contributed by atoms with Gasteiger partial charge in [0.2, 0.25) is 15.9 Å². The third-order valence-electron chi connectivity index (χ3n) is 2.72. The van der Waals surface area contributed by atoms with E-state index in [0.29, 0.717) is 6.42 Å². The molecule has 0 bridgehead atoms. The highest BCUT2D eigenvalue weighted by atomic mass is 35.5. The number of halogens is 1. The summed E-state index contributed by atoms with van der Waals surface area (Å²) in [6.45, 7) is 3.53. The highest BCUT2D eigenvalue weighted by Gasteiger charge is 2.16. The Bertz CT molecular complexity index is 550. The summed E-state index contributed by atoms with van der Waals surface area (Å²) in [5, 5.41) is 2.55. The van der Waals surface area contributed by atoms with E-state index in [4.69, 9.17) is 5.73 Å². The Morgan fingerprint density at radius 1 is 1.23 bits per heavy atom. The van der Waals surface area contributed by atoms with Crippen LogP contribution in [0.2, 0.25) is 0 Å². The normalized spacial score (nSPS) is 12.5. The molecule has 1 aromatic carbocycles. The third kappa shape index (κ3) is 8.33. The number of rotatable bonds is 8. The van der Waals surface area contributed by atoms with E-state index in [9.17, 15) is 13.2 Å². The van der Waals surface area contributed by atoms with E-state index >= 15 is 0 Å². The zero-order chi connectivity index (χ0) is 15.9. The predicted octanol–water partition coefficient (Wildman–Crippen LogP) is 0.422. The summed E-state index contributed by atoms with van der Waals surface area (Å²) < 4.78 is 25.6. The molecule has 0 aliphatic carbocycles. The number of carbonyl (C=O) groups excluding carboxylic acids is 1. The van der Waals surface area contributed by atoms with Crippen molar-refractivity contribution in [2.24, 2.45) is 5.73 Å². The summed E-state index contributed by atoms with van der Waals surface area (Å²) in [5.41, 5.74) is 6.77. The number of amides is 1. The van der Waals surface area contributed by atoms with E-state index in [1.54, 1.807) is 13.8 Å². The van der Waals surface area contributed by atoms with Crippen LogP contribution in [0.1, 0.15) is 19.4 Å². The lowest BCUT2D eigenvalue weighted by molar-refractivity contribution is -0.122. The van der Waals surface area contributed by atoms with Gasteiger partial charge in [-0.15, -0.1) is 12.4 Å². The average Bonchev–Trinajstić information content (AvgIpc) is 2.37. The van der Waals surface area contributed by atoms with Gasteiger partial charge in [-0.2, -0.15) is 0 Å². The Hall–Kier alpha value is -1.15. The molecule has 1 amide bonds. The zero-order valence-electron chi connectivity index (χ0n) is 12.8. The molecule has 0 radical (unpaired) electrons. The number of hydrogen-bond donors (Lipinski definition) is 3. The molecular weight excluding hydrogens is 326 g/mol. The second-order valence-corrected chi connectivity index (χ2v) is 7.05. The molecule has 0 spiro atoms. The zero-order valence-corrected chi connectivity index (χ0v) is 14.4. The van der Waals surface area contributed by atoms with E-state index in [1.807, 2.05) is 30.3 Å². The Balaban J connectivity index is 0.00000441. The van der Waals surface area contributed by atoms with Crippen LogP contribution in [0.3, 0.4) is 0 Å². The summed E-state index contributed by atoms with van der Waals surface area (Å²) in [6, 6.07) is 8.59. The van der Waals surface area contributed by atoms with Gasteiger partial charge in [-0.3, -0.25) is 4.79 Å². The molecule has 4 N–H and O–H groups in total. The first kappa shape index (κ1) is 20.9.